The van der Waals surface area contributed by atoms with Crippen molar-refractivity contribution in [3.8, 4) is 5.75 Å². The van der Waals surface area contributed by atoms with Crippen LogP contribution in [-0.2, 0) is 0 Å². The molecule has 0 aliphatic carbocycles. The van der Waals surface area contributed by atoms with Crippen molar-refractivity contribution in [3.05, 3.63) is 24.0 Å². The molecule has 6 heteroatoms. The van der Waals surface area contributed by atoms with Crippen LogP contribution in [0.5, 0.6) is 5.75 Å². The van der Waals surface area contributed by atoms with Gasteiger partial charge >= 0.3 is 0 Å². The van der Waals surface area contributed by atoms with E-state index in [4.69, 9.17) is 5.73 Å². The van der Waals surface area contributed by atoms with E-state index >= 15 is 0 Å². The molecule has 2 N–H and O–H groups in total. The van der Waals surface area contributed by atoms with Crippen molar-refractivity contribution in [2.24, 2.45) is 5.73 Å². The van der Waals surface area contributed by atoms with E-state index in [-0.39, 0.29) is 11.3 Å². The summed E-state index contributed by atoms with van der Waals surface area (Å²) in [6, 6.07) is 1.26. The Morgan fingerprint density at radius 2 is 2.29 bits per heavy atom. The Morgan fingerprint density at radius 3 is 2.86 bits per heavy atom. The minimum Gasteiger partial charge on any atom is -0.486 e. The van der Waals surface area contributed by atoms with Crippen LogP contribution in [0.2, 0.25) is 0 Å². The molecule has 0 fully saturated rings. The lowest BCUT2D eigenvalue weighted by atomic mass is 10.3. The predicted octanol–water partition coefficient (Wildman–Crippen LogP) is 0.824. The number of nitrogens with zero attached hydrogens (tertiary/aromatic N) is 1. The zero-order valence-corrected chi connectivity index (χ0v) is 7.11. The highest BCUT2D eigenvalue weighted by atomic mass is 19.3. The zero-order chi connectivity index (χ0) is 10.6. The summed E-state index contributed by atoms with van der Waals surface area (Å²) >= 11 is 0. The summed E-state index contributed by atoms with van der Waals surface area (Å²) < 4.78 is 28.1. The van der Waals surface area contributed by atoms with Gasteiger partial charge in [0.25, 0.3) is 6.43 Å². The molecule has 0 bridgehead atoms. The minimum absolute atomic E-state index is 0.0987. The first kappa shape index (κ1) is 10.4. The van der Waals surface area contributed by atoms with Crippen LogP contribution >= 0.6 is 0 Å². The molecule has 0 unspecified atom stereocenters. The van der Waals surface area contributed by atoms with Crippen LogP contribution in [0.4, 0.5) is 8.78 Å². The fourth-order valence-electron chi connectivity index (χ4n) is 0.792. The van der Waals surface area contributed by atoms with Crippen LogP contribution in [0.3, 0.4) is 0 Å². The standard InChI is InChI=1S/C8H8F2N2O2/c9-7(10)4-14-6-1-5(8(11)13)2-12-3-6/h1-3,7H,4H2,(H2,11,13). The lowest BCUT2D eigenvalue weighted by molar-refractivity contribution is 0.0816. The van der Waals surface area contributed by atoms with Crippen molar-refractivity contribution in [1.82, 2.24) is 4.98 Å². The molecule has 0 radical (unpaired) electrons. The number of primary amides is 1. The molecule has 1 aromatic rings. The topological polar surface area (TPSA) is 65.2 Å². The number of nitrogens with two attached hydrogens (primary N) is 1. The third kappa shape index (κ3) is 2.96. The Labute approximate surface area is 78.7 Å². The second-order valence-corrected chi connectivity index (χ2v) is 2.48. The number of hydrogen-bond acceptors (Lipinski definition) is 3. The maximum Gasteiger partial charge on any atom is 0.272 e. The number of ether oxygens (including phenoxy) is 1. The zero-order valence-electron chi connectivity index (χ0n) is 7.11. The van der Waals surface area contributed by atoms with Gasteiger partial charge in [-0.3, -0.25) is 9.78 Å². The van der Waals surface area contributed by atoms with Gasteiger partial charge in [-0.25, -0.2) is 8.78 Å². The number of rotatable bonds is 4. The van der Waals surface area contributed by atoms with Crippen molar-refractivity contribution in [2.45, 2.75) is 6.43 Å². The Morgan fingerprint density at radius 1 is 1.57 bits per heavy atom. The van der Waals surface area contributed by atoms with Crippen LogP contribution in [0.1, 0.15) is 10.4 Å². The quantitative estimate of drug-likeness (QED) is 0.786. The number of amides is 1. The molecular formula is C8H8F2N2O2. The molecular weight excluding hydrogens is 194 g/mol. The first-order chi connectivity index (χ1) is 6.59. The van der Waals surface area contributed by atoms with Gasteiger partial charge in [-0.05, 0) is 6.07 Å². The largest absolute Gasteiger partial charge is 0.486 e. The van der Waals surface area contributed by atoms with E-state index in [1.807, 2.05) is 0 Å². The first-order valence-corrected chi connectivity index (χ1v) is 3.75. The van der Waals surface area contributed by atoms with Gasteiger partial charge in [0.2, 0.25) is 5.91 Å². The predicted molar refractivity (Wildman–Crippen MR) is 44.3 cm³/mol. The number of alkyl halides is 2. The van der Waals surface area contributed by atoms with Gasteiger partial charge in [-0.1, -0.05) is 0 Å². The lowest BCUT2D eigenvalue weighted by Gasteiger charge is -2.04. The van der Waals surface area contributed by atoms with Crippen LogP contribution in [0.25, 0.3) is 0 Å². The second-order valence-electron chi connectivity index (χ2n) is 2.48. The fourth-order valence-corrected chi connectivity index (χ4v) is 0.792. The van der Waals surface area contributed by atoms with E-state index in [2.05, 4.69) is 9.72 Å². The van der Waals surface area contributed by atoms with Gasteiger partial charge in [0.05, 0.1) is 11.8 Å². The minimum atomic E-state index is -2.56. The molecule has 0 aromatic carbocycles. The van der Waals surface area contributed by atoms with E-state index in [9.17, 15) is 13.6 Å². The SMILES string of the molecule is NC(=O)c1cncc(OCC(F)F)c1. The molecule has 0 aliphatic heterocycles. The van der Waals surface area contributed by atoms with Gasteiger partial charge in [0.1, 0.15) is 12.4 Å². The number of pyridine rings is 1. The molecule has 76 valence electrons. The molecule has 0 atom stereocenters. The second kappa shape index (κ2) is 4.50. The van der Waals surface area contributed by atoms with Gasteiger partial charge < -0.3 is 10.5 Å². The first-order valence-electron chi connectivity index (χ1n) is 3.75. The number of carbonyl (C=O) groups excluding carboxylic acids is 1. The molecule has 14 heavy (non-hydrogen) atoms. The van der Waals surface area contributed by atoms with Crippen LogP contribution in [0.15, 0.2) is 18.5 Å². The average Bonchev–Trinajstić information content (AvgIpc) is 2.15. The molecule has 1 heterocycles. The summed E-state index contributed by atoms with van der Waals surface area (Å²) in [6.45, 7) is -0.732. The van der Waals surface area contributed by atoms with E-state index < -0.39 is 18.9 Å². The third-order valence-electron chi connectivity index (χ3n) is 1.37. The normalized spacial score (nSPS) is 10.2. The maximum atomic E-state index is 11.7. The summed E-state index contributed by atoms with van der Waals surface area (Å²) in [5, 5.41) is 0. The summed E-state index contributed by atoms with van der Waals surface area (Å²) in [7, 11) is 0. The third-order valence-corrected chi connectivity index (χ3v) is 1.37. The summed E-state index contributed by atoms with van der Waals surface area (Å²) in [5.74, 6) is -0.582. The van der Waals surface area contributed by atoms with E-state index in [1.165, 1.54) is 18.5 Å². The van der Waals surface area contributed by atoms with Gasteiger partial charge in [0, 0.05) is 6.20 Å². The fraction of sp³-hybridized carbons (Fsp3) is 0.250. The van der Waals surface area contributed by atoms with Crippen molar-refractivity contribution < 1.29 is 18.3 Å². The lowest BCUT2D eigenvalue weighted by Crippen LogP contribution is -2.12. The van der Waals surface area contributed by atoms with Gasteiger partial charge in [0.15, 0.2) is 0 Å². The summed E-state index contributed by atoms with van der Waals surface area (Å²) in [5.41, 5.74) is 5.08. The molecule has 1 aromatic heterocycles. The Hall–Kier alpha value is -1.72. The number of carbonyl (C=O) groups is 1. The number of halogens is 2. The molecule has 0 aliphatic rings. The van der Waals surface area contributed by atoms with Gasteiger partial charge in [-0.2, -0.15) is 0 Å². The molecule has 0 saturated heterocycles. The highest BCUT2D eigenvalue weighted by molar-refractivity contribution is 5.92. The summed E-state index contributed by atoms with van der Waals surface area (Å²) in [4.78, 5) is 14.3. The summed E-state index contributed by atoms with van der Waals surface area (Å²) in [6.07, 6.45) is -0.0981. The van der Waals surface area contributed by atoms with Crippen LogP contribution < -0.4 is 10.5 Å². The molecule has 4 nitrogen and oxygen atoms in total. The molecule has 1 amide bonds. The molecule has 1 rings (SSSR count). The number of aromatic nitrogens is 1. The van der Waals surface area contributed by atoms with E-state index in [1.54, 1.807) is 0 Å². The Bertz CT molecular complexity index is 331. The Balaban J connectivity index is 2.69. The highest BCUT2D eigenvalue weighted by Crippen LogP contribution is 2.11. The van der Waals surface area contributed by atoms with Crippen molar-refractivity contribution in [2.75, 3.05) is 6.61 Å². The van der Waals surface area contributed by atoms with Crippen LogP contribution in [0, 0.1) is 0 Å². The van der Waals surface area contributed by atoms with Crippen molar-refractivity contribution in [1.29, 1.82) is 0 Å². The van der Waals surface area contributed by atoms with E-state index in [0.29, 0.717) is 0 Å². The average molecular weight is 202 g/mol. The van der Waals surface area contributed by atoms with E-state index in [0.717, 1.165) is 0 Å². The number of hydrogen-bond donors (Lipinski definition) is 1. The van der Waals surface area contributed by atoms with Gasteiger partial charge in [-0.15, -0.1) is 0 Å². The van der Waals surface area contributed by atoms with Crippen LogP contribution in [-0.4, -0.2) is 23.9 Å². The van der Waals surface area contributed by atoms with Crippen molar-refractivity contribution >= 4 is 5.91 Å². The maximum absolute atomic E-state index is 11.7. The highest BCUT2D eigenvalue weighted by Gasteiger charge is 2.06. The molecule has 0 saturated carbocycles. The smallest absolute Gasteiger partial charge is 0.272 e. The molecule has 0 spiro atoms. The van der Waals surface area contributed by atoms with Crippen molar-refractivity contribution in [3.63, 3.8) is 0 Å². The monoisotopic (exact) mass is 202 g/mol. The Kier molecular flexibility index (Phi) is 3.33.